The van der Waals surface area contributed by atoms with Crippen molar-refractivity contribution in [2.45, 2.75) is 19.8 Å². The molecule has 0 spiro atoms. The van der Waals surface area contributed by atoms with Crippen molar-refractivity contribution in [3.63, 3.8) is 0 Å². The van der Waals surface area contributed by atoms with Gasteiger partial charge in [0.1, 0.15) is 0 Å². The van der Waals surface area contributed by atoms with Crippen LogP contribution in [-0.4, -0.2) is 48.4 Å². The lowest BCUT2D eigenvalue weighted by molar-refractivity contribution is -0.132. The van der Waals surface area contributed by atoms with E-state index in [0.717, 1.165) is 38.3 Å². The molecule has 0 atom stereocenters. The number of rotatable bonds is 4. The molecule has 1 amide bonds. The number of likely N-dealkylation sites (N-methyl/N-ethyl adjacent to an activating group) is 1. The molecule has 5 heteroatoms. The Balaban J connectivity index is 1.81. The van der Waals surface area contributed by atoms with Crippen LogP contribution in [-0.2, 0) is 11.2 Å². The number of carbonyl (C=O) groups is 1. The van der Waals surface area contributed by atoms with Crippen LogP contribution in [0.2, 0.25) is 5.02 Å². The third kappa shape index (κ3) is 3.87. The molecular weight excluding hydrogens is 274 g/mol. The van der Waals surface area contributed by atoms with Crippen molar-refractivity contribution in [2.75, 3.05) is 38.5 Å². The van der Waals surface area contributed by atoms with Crippen molar-refractivity contribution in [2.24, 2.45) is 0 Å². The first-order valence-electron chi connectivity index (χ1n) is 7.14. The van der Waals surface area contributed by atoms with Gasteiger partial charge in [0.2, 0.25) is 5.91 Å². The van der Waals surface area contributed by atoms with Crippen LogP contribution in [0.3, 0.4) is 0 Å². The second kappa shape index (κ2) is 6.95. The highest BCUT2D eigenvalue weighted by Crippen LogP contribution is 2.20. The van der Waals surface area contributed by atoms with Gasteiger partial charge in [-0.3, -0.25) is 4.79 Å². The molecule has 2 rings (SSSR count). The van der Waals surface area contributed by atoms with Crippen molar-refractivity contribution < 1.29 is 4.79 Å². The van der Waals surface area contributed by atoms with E-state index >= 15 is 0 Å². The summed E-state index contributed by atoms with van der Waals surface area (Å²) in [5.41, 5.74) is 7.41. The van der Waals surface area contributed by atoms with Crippen molar-refractivity contribution in [3.05, 3.63) is 28.8 Å². The Bertz CT molecular complexity index is 470. The van der Waals surface area contributed by atoms with Gasteiger partial charge in [-0.05, 0) is 30.7 Å². The normalized spacial score (nSPS) is 16.4. The van der Waals surface area contributed by atoms with E-state index in [1.54, 1.807) is 6.07 Å². The average molecular weight is 296 g/mol. The van der Waals surface area contributed by atoms with Crippen LogP contribution in [0.25, 0.3) is 0 Å². The van der Waals surface area contributed by atoms with Crippen LogP contribution in [0.5, 0.6) is 0 Å². The van der Waals surface area contributed by atoms with Gasteiger partial charge in [0, 0.05) is 32.6 Å². The molecule has 110 valence electrons. The Labute approximate surface area is 125 Å². The third-order valence-corrected chi connectivity index (χ3v) is 4.20. The van der Waals surface area contributed by atoms with Gasteiger partial charge in [0.05, 0.1) is 10.7 Å². The second-order valence-electron chi connectivity index (χ2n) is 5.17. The fraction of sp³-hybridized carbons (Fsp3) is 0.533. The Hall–Kier alpha value is -1.26. The van der Waals surface area contributed by atoms with Crippen LogP contribution in [0, 0.1) is 0 Å². The zero-order valence-electron chi connectivity index (χ0n) is 11.9. The summed E-state index contributed by atoms with van der Waals surface area (Å²) in [4.78, 5) is 16.5. The largest absolute Gasteiger partial charge is 0.398 e. The number of amides is 1. The molecule has 4 nitrogen and oxygen atoms in total. The van der Waals surface area contributed by atoms with Crippen molar-refractivity contribution in [3.8, 4) is 0 Å². The topological polar surface area (TPSA) is 49.6 Å². The molecular formula is C15H22ClN3O. The van der Waals surface area contributed by atoms with E-state index in [1.807, 2.05) is 17.0 Å². The molecule has 20 heavy (non-hydrogen) atoms. The average Bonchev–Trinajstić information content (AvgIpc) is 2.48. The van der Waals surface area contributed by atoms with Gasteiger partial charge in [0.25, 0.3) is 0 Å². The minimum atomic E-state index is 0.231. The molecule has 2 N–H and O–H groups in total. The molecule has 1 heterocycles. The fourth-order valence-corrected chi connectivity index (χ4v) is 2.59. The maximum absolute atomic E-state index is 12.2. The number of nitrogen functional groups attached to an aromatic ring is 1. The molecule has 0 unspecified atom stereocenters. The zero-order chi connectivity index (χ0) is 14.5. The lowest BCUT2D eigenvalue weighted by atomic mass is 10.1. The van der Waals surface area contributed by atoms with Crippen LogP contribution in [0.15, 0.2) is 18.2 Å². The van der Waals surface area contributed by atoms with Gasteiger partial charge < -0.3 is 15.5 Å². The molecule has 1 aromatic carbocycles. The first kappa shape index (κ1) is 15.1. The molecule has 1 aliphatic heterocycles. The minimum absolute atomic E-state index is 0.231. The lowest BCUT2D eigenvalue weighted by Gasteiger charge is -2.34. The summed E-state index contributed by atoms with van der Waals surface area (Å²) >= 11 is 5.89. The third-order valence-electron chi connectivity index (χ3n) is 3.86. The Morgan fingerprint density at radius 3 is 2.60 bits per heavy atom. The summed E-state index contributed by atoms with van der Waals surface area (Å²) in [5, 5.41) is 0.566. The smallest absolute Gasteiger partial charge is 0.222 e. The summed E-state index contributed by atoms with van der Waals surface area (Å²) in [6.45, 7) is 6.87. The highest BCUT2D eigenvalue weighted by Gasteiger charge is 2.19. The van der Waals surface area contributed by atoms with Gasteiger partial charge in [-0.1, -0.05) is 24.6 Å². The van der Waals surface area contributed by atoms with Crippen LogP contribution >= 0.6 is 11.6 Å². The van der Waals surface area contributed by atoms with E-state index in [9.17, 15) is 4.79 Å². The molecule has 0 bridgehead atoms. The number of hydrogen-bond acceptors (Lipinski definition) is 3. The molecule has 0 radical (unpaired) electrons. The highest BCUT2D eigenvalue weighted by molar-refractivity contribution is 6.33. The van der Waals surface area contributed by atoms with Crippen LogP contribution in [0.4, 0.5) is 5.69 Å². The summed E-state index contributed by atoms with van der Waals surface area (Å²) in [6, 6.07) is 5.57. The summed E-state index contributed by atoms with van der Waals surface area (Å²) in [7, 11) is 0. The number of benzene rings is 1. The lowest BCUT2D eigenvalue weighted by Crippen LogP contribution is -2.48. The predicted molar refractivity (Wildman–Crippen MR) is 82.9 cm³/mol. The van der Waals surface area contributed by atoms with E-state index in [1.165, 1.54) is 0 Å². The molecule has 0 saturated carbocycles. The second-order valence-corrected chi connectivity index (χ2v) is 5.58. The maximum atomic E-state index is 12.2. The van der Waals surface area contributed by atoms with Gasteiger partial charge in [-0.25, -0.2) is 0 Å². The molecule has 0 aliphatic carbocycles. The quantitative estimate of drug-likeness (QED) is 0.865. The maximum Gasteiger partial charge on any atom is 0.222 e. The fourth-order valence-electron chi connectivity index (χ4n) is 2.47. The van der Waals surface area contributed by atoms with Crippen LogP contribution in [0.1, 0.15) is 18.9 Å². The first-order chi connectivity index (χ1) is 9.60. The number of carbonyl (C=O) groups excluding carboxylic acids is 1. The Morgan fingerprint density at radius 1 is 1.30 bits per heavy atom. The molecule has 1 saturated heterocycles. The number of nitrogens with two attached hydrogens (primary N) is 1. The van der Waals surface area contributed by atoms with Gasteiger partial charge in [0.15, 0.2) is 0 Å². The number of anilines is 1. The van der Waals surface area contributed by atoms with Crippen molar-refractivity contribution in [1.82, 2.24) is 9.80 Å². The van der Waals surface area contributed by atoms with E-state index in [2.05, 4.69) is 11.8 Å². The first-order valence-corrected chi connectivity index (χ1v) is 7.52. The molecule has 0 aromatic heterocycles. The van der Waals surface area contributed by atoms with Crippen LogP contribution < -0.4 is 5.73 Å². The van der Waals surface area contributed by atoms with E-state index < -0.39 is 0 Å². The minimum Gasteiger partial charge on any atom is -0.398 e. The van der Waals surface area contributed by atoms with E-state index in [0.29, 0.717) is 23.6 Å². The van der Waals surface area contributed by atoms with Gasteiger partial charge in [-0.2, -0.15) is 0 Å². The highest BCUT2D eigenvalue weighted by atomic mass is 35.5. The predicted octanol–water partition coefficient (Wildman–Crippen LogP) is 2.02. The summed E-state index contributed by atoms with van der Waals surface area (Å²) in [6.07, 6.45) is 1.25. The summed E-state index contributed by atoms with van der Waals surface area (Å²) < 4.78 is 0. The van der Waals surface area contributed by atoms with Crippen molar-refractivity contribution >= 4 is 23.2 Å². The standard InChI is InChI=1S/C15H22ClN3O/c1-2-18-7-9-19(10-8-18)15(20)6-4-12-3-5-13(16)14(17)11-12/h3,5,11H,2,4,6-10,17H2,1H3. The van der Waals surface area contributed by atoms with E-state index in [4.69, 9.17) is 17.3 Å². The monoisotopic (exact) mass is 295 g/mol. The number of halogens is 1. The zero-order valence-corrected chi connectivity index (χ0v) is 12.7. The van der Waals surface area contributed by atoms with Gasteiger partial charge in [-0.15, -0.1) is 0 Å². The molecule has 1 aromatic rings. The summed E-state index contributed by atoms with van der Waals surface area (Å²) in [5.74, 6) is 0.231. The number of aryl methyl sites for hydroxylation is 1. The van der Waals surface area contributed by atoms with Crippen molar-refractivity contribution in [1.29, 1.82) is 0 Å². The molecule has 1 aliphatic rings. The number of nitrogens with zero attached hydrogens (tertiary/aromatic N) is 2. The molecule has 1 fully saturated rings. The number of hydrogen-bond donors (Lipinski definition) is 1. The van der Waals surface area contributed by atoms with Gasteiger partial charge >= 0.3 is 0 Å². The Morgan fingerprint density at radius 2 is 2.00 bits per heavy atom. The van der Waals surface area contributed by atoms with E-state index in [-0.39, 0.29) is 5.91 Å². The number of piperazine rings is 1. The Kier molecular flexibility index (Phi) is 5.26. The SMILES string of the molecule is CCN1CCN(C(=O)CCc2ccc(Cl)c(N)c2)CC1.